The van der Waals surface area contributed by atoms with Crippen LogP contribution >= 0.6 is 0 Å². The lowest BCUT2D eigenvalue weighted by Crippen LogP contribution is -2.22. The number of nitrogens with zero attached hydrogens (tertiary/aromatic N) is 1. The predicted octanol–water partition coefficient (Wildman–Crippen LogP) is -0.136. The predicted molar refractivity (Wildman–Crippen MR) is 45.8 cm³/mol. The summed E-state index contributed by atoms with van der Waals surface area (Å²) < 4.78 is 0. The van der Waals surface area contributed by atoms with Gasteiger partial charge in [-0.15, -0.1) is 0 Å². The average Bonchev–Trinajstić information content (AvgIpc) is 2.16. The van der Waals surface area contributed by atoms with Crippen LogP contribution in [-0.4, -0.2) is 27.1 Å². The first-order valence-electron chi connectivity index (χ1n) is 3.71. The molecule has 0 aliphatic carbocycles. The smallest absolute Gasteiger partial charge is 0.354 e. The molecule has 0 spiro atoms. The van der Waals surface area contributed by atoms with Crippen molar-refractivity contribution in [1.82, 2.24) is 4.98 Å². The van der Waals surface area contributed by atoms with Gasteiger partial charge in [-0.3, -0.25) is 4.79 Å². The lowest BCUT2D eigenvalue weighted by Gasteiger charge is -2.05. The first-order valence-corrected chi connectivity index (χ1v) is 3.71. The second kappa shape index (κ2) is 3.84. The van der Waals surface area contributed by atoms with Crippen molar-refractivity contribution in [2.45, 2.75) is 6.04 Å². The molecule has 0 fully saturated rings. The van der Waals surface area contributed by atoms with E-state index in [4.69, 9.17) is 15.9 Å². The van der Waals surface area contributed by atoms with E-state index in [1.807, 2.05) is 0 Å². The Hall–Kier alpha value is -1.95. The Kier molecular flexibility index (Phi) is 2.78. The minimum absolute atomic E-state index is 0.0254. The summed E-state index contributed by atoms with van der Waals surface area (Å²) in [6.07, 6.45) is 0. The first kappa shape index (κ1) is 10.1. The van der Waals surface area contributed by atoms with E-state index in [2.05, 4.69) is 4.98 Å². The Morgan fingerprint density at radius 1 is 1.36 bits per heavy atom. The zero-order valence-corrected chi connectivity index (χ0v) is 7.04. The van der Waals surface area contributed by atoms with Crippen molar-refractivity contribution in [3.05, 3.63) is 29.6 Å². The van der Waals surface area contributed by atoms with Crippen LogP contribution in [0.15, 0.2) is 18.2 Å². The summed E-state index contributed by atoms with van der Waals surface area (Å²) in [5, 5.41) is 17.1. The van der Waals surface area contributed by atoms with Crippen molar-refractivity contribution in [3.8, 4) is 0 Å². The molecule has 6 heteroatoms. The normalized spacial score (nSPS) is 12.1. The van der Waals surface area contributed by atoms with Crippen molar-refractivity contribution in [1.29, 1.82) is 0 Å². The highest BCUT2D eigenvalue weighted by molar-refractivity contribution is 5.85. The molecule has 0 unspecified atom stereocenters. The van der Waals surface area contributed by atoms with E-state index in [1.54, 1.807) is 0 Å². The van der Waals surface area contributed by atoms with Crippen LogP contribution in [0.2, 0.25) is 0 Å². The molecule has 1 atom stereocenters. The van der Waals surface area contributed by atoms with Crippen molar-refractivity contribution in [3.63, 3.8) is 0 Å². The Balaban J connectivity index is 3.05. The third-order valence-electron chi connectivity index (χ3n) is 1.57. The molecule has 0 bridgehead atoms. The third kappa shape index (κ3) is 2.05. The number of carboxylic acids is 2. The standard InChI is InChI=1S/C8H8N2O4/c9-6(8(13)14)4-2-1-3-5(10-4)7(11)12/h1-3,6H,9H2,(H,11,12)(H,13,14)/t6-/m1/s1. The van der Waals surface area contributed by atoms with E-state index in [9.17, 15) is 9.59 Å². The van der Waals surface area contributed by atoms with Gasteiger partial charge in [0, 0.05) is 0 Å². The van der Waals surface area contributed by atoms with Gasteiger partial charge in [0.2, 0.25) is 0 Å². The monoisotopic (exact) mass is 196 g/mol. The molecule has 6 nitrogen and oxygen atoms in total. The second-order valence-electron chi connectivity index (χ2n) is 2.57. The van der Waals surface area contributed by atoms with Crippen LogP contribution in [-0.2, 0) is 4.79 Å². The number of rotatable bonds is 3. The van der Waals surface area contributed by atoms with E-state index >= 15 is 0 Å². The van der Waals surface area contributed by atoms with Gasteiger partial charge in [-0.25, -0.2) is 9.78 Å². The molecule has 14 heavy (non-hydrogen) atoms. The largest absolute Gasteiger partial charge is 0.480 e. The molecule has 0 aromatic carbocycles. The number of carboxylic acid groups (broad SMARTS) is 2. The van der Waals surface area contributed by atoms with Crippen LogP contribution in [0.4, 0.5) is 0 Å². The Bertz CT molecular complexity index is 377. The number of carbonyl (C=O) groups is 2. The molecule has 74 valence electrons. The van der Waals surface area contributed by atoms with E-state index in [0.29, 0.717) is 0 Å². The molecule has 1 rings (SSSR count). The van der Waals surface area contributed by atoms with Gasteiger partial charge in [0.25, 0.3) is 0 Å². The highest BCUT2D eigenvalue weighted by Crippen LogP contribution is 2.08. The number of aromatic nitrogens is 1. The van der Waals surface area contributed by atoms with E-state index in [0.717, 1.165) is 0 Å². The molecule has 1 aromatic heterocycles. The maximum absolute atomic E-state index is 10.5. The molecular weight excluding hydrogens is 188 g/mol. The SMILES string of the molecule is N[C@@H](C(=O)O)c1cccc(C(=O)O)n1. The molecule has 0 aliphatic heterocycles. The average molecular weight is 196 g/mol. The fourth-order valence-electron chi connectivity index (χ4n) is 0.870. The summed E-state index contributed by atoms with van der Waals surface area (Å²) in [6, 6.07) is 2.73. The van der Waals surface area contributed by atoms with Crippen molar-refractivity contribution >= 4 is 11.9 Å². The Morgan fingerprint density at radius 3 is 2.50 bits per heavy atom. The molecule has 0 aliphatic rings. The van der Waals surface area contributed by atoms with Crippen molar-refractivity contribution in [2.24, 2.45) is 5.73 Å². The number of nitrogens with two attached hydrogens (primary N) is 1. The van der Waals surface area contributed by atoms with Crippen molar-refractivity contribution < 1.29 is 19.8 Å². The summed E-state index contributed by atoms with van der Waals surface area (Å²) >= 11 is 0. The van der Waals surface area contributed by atoms with E-state index in [-0.39, 0.29) is 11.4 Å². The second-order valence-corrected chi connectivity index (χ2v) is 2.57. The van der Waals surface area contributed by atoms with Crippen LogP contribution in [0, 0.1) is 0 Å². The quantitative estimate of drug-likeness (QED) is 0.620. The molecule has 0 saturated carbocycles. The maximum Gasteiger partial charge on any atom is 0.354 e. The van der Waals surface area contributed by atoms with Gasteiger partial charge in [0.1, 0.15) is 11.7 Å². The molecule has 0 amide bonds. The topological polar surface area (TPSA) is 114 Å². The summed E-state index contributed by atoms with van der Waals surface area (Å²) in [5.74, 6) is -2.47. The van der Waals surface area contributed by atoms with Gasteiger partial charge in [0.05, 0.1) is 5.69 Å². The van der Waals surface area contributed by atoms with Crippen LogP contribution in [0.5, 0.6) is 0 Å². The number of aromatic carboxylic acids is 1. The van der Waals surface area contributed by atoms with Crippen LogP contribution in [0.1, 0.15) is 22.2 Å². The zero-order valence-electron chi connectivity index (χ0n) is 7.04. The maximum atomic E-state index is 10.5. The summed E-state index contributed by atoms with van der Waals surface area (Å²) in [4.78, 5) is 24.6. The highest BCUT2D eigenvalue weighted by Gasteiger charge is 2.17. The molecule has 1 aromatic rings. The summed E-state index contributed by atoms with van der Waals surface area (Å²) in [5.41, 5.74) is 5.05. The van der Waals surface area contributed by atoms with Crippen LogP contribution in [0.3, 0.4) is 0 Å². The number of pyridine rings is 1. The third-order valence-corrected chi connectivity index (χ3v) is 1.57. The first-order chi connectivity index (χ1) is 6.52. The van der Waals surface area contributed by atoms with Gasteiger partial charge in [0.15, 0.2) is 0 Å². The molecule has 0 saturated heterocycles. The van der Waals surface area contributed by atoms with Gasteiger partial charge in [-0.05, 0) is 12.1 Å². The molecule has 4 N–H and O–H groups in total. The summed E-state index contributed by atoms with van der Waals surface area (Å²) in [6.45, 7) is 0. The number of hydrogen-bond donors (Lipinski definition) is 3. The Labute approximate surface area is 79.0 Å². The summed E-state index contributed by atoms with van der Waals surface area (Å²) in [7, 11) is 0. The molecule has 0 radical (unpaired) electrons. The van der Waals surface area contributed by atoms with Gasteiger partial charge in [-0.1, -0.05) is 6.07 Å². The lowest BCUT2D eigenvalue weighted by molar-refractivity contribution is -0.138. The van der Waals surface area contributed by atoms with E-state index < -0.39 is 18.0 Å². The van der Waals surface area contributed by atoms with Crippen LogP contribution in [0.25, 0.3) is 0 Å². The van der Waals surface area contributed by atoms with Gasteiger partial charge < -0.3 is 15.9 Å². The Morgan fingerprint density at radius 2 is 2.00 bits per heavy atom. The fraction of sp³-hybridized carbons (Fsp3) is 0.125. The number of aliphatic carboxylic acids is 1. The molecule has 1 heterocycles. The van der Waals surface area contributed by atoms with Gasteiger partial charge >= 0.3 is 11.9 Å². The lowest BCUT2D eigenvalue weighted by atomic mass is 10.2. The van der Waals surface area contributed by atoms with E-state index in [1.165, 1.54) is 18.2 Å². The minimum Gasteiger partial charge on any atom is -0.480 e. The highest BCUT2D eigenvalue weighted by atomic mass is 16.4. The zero-order chi connectivity index (χ0) is 10.7. The van der Waals surface area contributed by atoms with Crippen LogP contribution < -0.4 is 5.73 Å². The number of hydrogen-bond acceptors (Lipinski definition) is 4. The fourth-order valence-corrected chi connectivity index (χ4v) is 0.870. The van der Waals surface area contributed by atoms with Crippen molar-refractivity contribution in [2.75, 3.05) is 0 Å². The minimum atomic E-state index is -1.30. The molecular formula is C8H8N2O4. The van der Waals surface area contributed by atoms with Gasteiger partial charge in [-0.2, -0.15) is 0 Å².